The monoisotopic (exact) mass is 216 g/mol. The van der Waals surface area contributed by atoms with E-state index in [1.807, 2.05) is 6.08 Å². The van der Waals surface area contributed by atoms with Crippen molar-refractivity contribution >= 4 is 6.08 Å². The van der Waals surface area contributed by atoms with Crippen LogP contribution < -0.4 is 0 Å². The molecular weight excluding hydrogens is 207 g/mol. The number of halogens is 1. The number of nitrogens with zero attached hydrogens (tertiary/aromatic N) is 4. The predicted octanol–water partition coefficient (Wildman–Crippen LogP) is 3.41. The molecule has 16 heavy (non-hydrogen) atoms. The molecule has 0 aliphatic heterocycles. The van der Waals surface area contributed by atoms with E-state index in [9.17, 15) is 4.39 Å². The molecule has 4 nitrogen and oxygen atoms in total. The number of rotatable bonds is 4. The minimum Gasteiger partial charge on any atom is -0.206 e. The zero-order chi connectivity index (χ0) is 11.8. The lowest BCUT2D eigenvalue weighted by Crippen LogP contribution is -1.84. The topological polar surface area (TPSA) is 72.5 Å². The van der Waals surface area contributed by atoms with Crippen LogP contribution in [0.5, 0.6) is 0 Å². The highest BCUT2D eigenvalue weighted by Gasteiger charge is 1.99. The van der Waals surface area contributed by atoms with Crippen LogP contribution in [0.2, 0.25) is 0 Å². The fourth-order valence-corrected chi connectivity index (χ4v) is 1.13. The second-order valence-electron chi connectivity index (χ2n) is 3.00. The normalized spacial score (nSPS) is 9.75. The Hall–Kier alpha value is -2.31. The number of nitriles is 1. The van der Waals surface area contributed by atoms with Gasteiger partial charge < -0.3 is 0 Å². The van der Waals surface area contributed by atoms with Crippen molar-refractivity contribution in [1.82, 2.24) is 0 Å². The Kier molecular flexibility index (Phi) is 4.58. The second kappa shape index (κ2) is 6.23. The highest BCUT2D eigenvalue weighted by Crippen LogP contribution is 2.11. The van der Waals surface area contributed by atoms with E-state index in [1.54, 1.807) is 18.2 Å². The summed E-state index contributed by atoms with van der Waals surface area (Å²) in [4.78, 5) is 2.62. The van der Waals surface area contributed by atoms with E-state index in [4.69, 9.17) is 10.8 Å². The zero-order valence-corrected chi connectivity index (χ0v) is 8.47. The predicted molar refractivity (Wildman–Crippen MR) is 58.8 cm³/mol. The molecule has 80 valence electrons. The quantitative estimate of drug-likeness (QED) is 0.329. The largest absolute Gasteiger partial charge is 0.206 e. The van der Waals surface area contributed by atoms with Crippen LogP contribution in [0.15, 0.2) is 29.4 Å². The standard InChI is InChI=1S/C11H9FN4/c12-11-5-4-9(7-10(11)8-13)3-1-2-6-15-16-14/h1,3-5,7H,2,6H2. The van der Waals surface area contributed by atoms with E-state index in [2.05, 4.69) is 10.0 Å². The van der Waals surface area contributed by atoms with E-state index >= 15 is 0 Å². The summed E-state index contributed by atoms with van der Waals surface area (Å²) < 4.78 is 13.0. The Labute approximate surface area is 92.3 Å². The molecule has 0 spiro atoms. The average molecular weight is 216 g/mol. The van der Waals surface area contributed by atoms with Crippen molar-refractivity contribution < 1.29 is 4.39 Å². The Morgan fingerprint density at radius 3 is 3.06 bits per heavy atom. The van der Waals surface area contributed by atoms with Crippen LogP contribution in [0.3, 0.4) is 0 Å². The molecule has 0 aliphatic carbocycles. The van der Waals surface area contributed by atoms with Gasteiger partial charge in [-0.3, -0.25) is 0 Å². The molecule has 0 atom stereocenters. The SMILES string of the molecule is N#Cc1cc(C=CCCN=[N+]=[N-])ccc1F. The van der Waals surface area contributed by atoms with Crippen LogP contribution in [0.1, 0.15) is 17.5 Å². The number of azide groups is 1. The van der Waals surface area contributed by atoms with Crippen molar-refractivity contribution in [3.05, 3.63) is 51.7 Å². The molecule has 0 heterocycles. The Bertz CT molecular complexity index is 481. The minimum absolute atomic E-state index is 0.0252. The van der Waals surface area contributed by atoms with E-state index in [1.165, 1.54) is 12.1 Å². The first-order valence-electron chi connectivity index (χ1n) is 4.65. The lowest BCUT2D eigenvalue weighted by atomic mass is 10.1. The van der Waals surface area contributed by atoms with Crippen molar-refractivity contribution in [1.29, 1.82) is 5.26 Å². The maximum Gasteiger partial charge on any atom is 0.140 e. The van der Waals surface area contributed by atoms with Gasteiger partial charge in [-0.15, -0.1) is 0 Å². The summed E-state index contributed by atoms with van der Waals surface area (Å²) in [5.41, 5.74) is 8.81. The van der Waals surface area contributed by atoms with Gasteiger partial charge in [0.05, 0.1) is 5.56 Å². The third kappa shape index (κ3) is 3.45. The molecule has 1 rings (SSSR count). The first kappa shape index (κ1) is 11.8. The lowest BCUT2D eigenvalue weighted by Gasteiger charge is -1.95. The Balaban J connectivity index is 2.68. The molecule has 0 saturated heterocycles. The Morgan fingerprint density at radius 2 is 2.38 bits per heavy atom. The van der Waals surface area contributed by atoms with Crippen LogP contribution in [0.25, 0.3) is 16.5 Å². The molecule has 0 amide bonds. The van der Waals surface area contributed by atoms with Crippen LogP contribution in [0, 0.1) is 17.1 Å². The third-order valence-corrected chi connectivity index (χ3v) is 1.88. The van der Waals surface area contributed by atoms with Gasteiger partial charge in [-0.25, -0.2) is 4.39 Å². The molecule has 0 unspecified atom stereocenters. The van der Waals surface area contributed by atoms with Crippen molar-refractivity contribution in [3.63, 3.8) is 0 Å². The molecule has 5 heteroatoms. The number of benzene rings is 1. The highest BCUT2D eigenvalue weighted by atomic mass is 19.1. The van der Waals surface area contributed by atoms with Gasteiger partial charge in [0.2, 0.25) is 0 Å². The summed E-state index contributed by atoms with van der Waals surface area (Å²) in [5, 5.41) is 12.0. The van der Waals surface area contributed by atoms with Crippen LogP contribution in [-0.4, -0.2) is 6.54 Å². The van der Waals surface area contributed by atoms with Crippen molar-refractivity contribution in [3.8, 4) is 6.07 Å². The Morgan fingerprint density at radius 1 is 1.56 bits per heavy atom. The van der Waals surface area contributed by atoms with Crippen molar-refractivity contribution in [2.24, 2.45) is 5.11 Å². The minimum atomic E-state index is -0.520. The summed E-state index contributed by atoms with van der Waals surface area (Å²) >= 11 is 0. The highest BCUT2D eigenvalue weighted by molar-refractivity contribution is 5.52. The van der Waals surface area contributed by atoms with Gasteiger partial charge in [0.25, 0.3) is 0 Å². The summed E-state index contributed by atoms with van der Waals surface area (Å²) in [6.07, 6.45) is 4.18. The van der Waals surface area contributed by atoms with Gasteiger partial charge in [0.1, 0.15) is 11.9 Å². The maximum absolute atomic E-state index is 13.0. The first-order chi connectivity index (χ1) is 7.77. The molecule has 0 aromatic heterocycles. The number of hydrogen-bond acceptors (Lipinski definition) is 2. The van der Waals surface area contributed by atoms with Gasteiger partial charge in [-0.2, -0.15) is 5.26 Å². The molecular formula is C11H9FN4. The summed E-state index contributed by atoms with van der Waals surface area (Å²) in [5.74, 6) is -0.520. The van der Waals surface area contributed by atoms with Gasteiger partial charge in [-0.05, 0) is 29.6 Å². The van der Waals surface area contributed by atoms with Gasteiger partial charge in [0.15, 0.2) is 0 Å². The van der Waals surface area contributed by atoms with Crippen LogP contribution in [0.4, 0.5) is 4.39 Å². The maximum atomic E-state index is 13.0. The van der Waals surface area contributed by atoms with Gasteiger partial charge >= 0.3 is 0 Å². The fourth-order valence-electron chi connectivity index (χ4n) is 1.13. The van der Waals surface area contributed by atoms with E-state index < -0.39 is 5.82 Å². The molecule has 1 aromatic carbocycles. The average Bonchev–Trinajstić information content (AvgIpc) is 2.31. The van der Waals surface area contributed by atoms with E-state index in [0.29, 0.717) is 13.0 Å². The number of hydrogen-bond donors (Lipinski definition) is 0. The molecule has 0 fully saturated rings. The van der Waals surface area contributed by atoms with E-state index in [-0.39, 0.29) is 5.56 Å². The lowest BCUT2D eigenvalue weighted by molar-refractivity contribution is 0.624. The molecule has 0 bridgehead atoms. The molecule has 0 aliphatic rings. The molecule has 0 radical (unpaired) electrons. The van der Waals surface area contributed by atoms with Crippen molar-refractivity contribution in [2.75, 3.05) is 6.54 Å². The summed E-state index contributed by atoms with van der Waals surface area (Å²) in [6.45, 7) is 0.388. The first-order valence-corrected chi connectivity index (χ1v) is 4.65. The van der Waals surface area contributed by atoms with Crippen LogP contribution >= 0.6 is 0 Å². The summed E-state index contributed by atoms with van der Waals surface area (Å²) in [7, 11) is 0. The smallest absolute Gasteiger partial charge is 0.140 e. The summed E-state index contributed by atoms with van der Waals surface area (Å²) in [6, 6.07) is 6.08. The van der Waals surface area contributed by atoms with Crippen molar-refractivity contribution in [2.45, 2.75) is 6.42 Å². The van der Waals surface area contributed by atoms with Gasteiger partial charge in [0, 0.05) is 11.5 Å². The second-order valence-corrected chi connectivity index (χ2v) is 3.00. The van der Waals surface area contributed by atoms with Crippen LogP contribution in [-0.2, 0) is 0 Å². The molecule has 0 saturated carbocycles. The zero-order valence-electron chi connectivity index (χ0n) is 8.47. The molecule has 0 N–H and O–H groups in total. The fraction of sp³-hybridized carbons (Fsp3) is 0.182. The molecule has 1 aromatic rings. The third-order valence-electron chi connectivity index (χ3n) is 1.88. The van der Waals surface area contributed by atoms with Gasteiger partial charge in [-0.1, -0.05) is 23.3 Å². The van der Waals surface area contributed by atoms with E-state index in [0.717, 1.165) is 5.56 Å².